The van der Waals surface area contributed by atoms with Gasteiger partial charge in [0.1, 0.15) is 0 Å². The molecule has 0 spiro atoms. The van der Waals surface area contributed by atoms with Gasteiger partial charge in [-0.2, -0.15) is 0 Å². The SMILES string of the molecule is OCCN1CCN(CC/C=C2/c3cc(Cl)ccc3Sc3ccc(Br)cc32)CC1. The molecule has 0 unspecified atom stereocenters. The first-order chi connectivity index (χ1) is 13.6. The van der Waals surface area contributed by atoms with Crippen LogP contribution in [0.15, 0.2) is 56.7 Å². The van der Waals surface area contributed by atoms with Gasteiger partial charge in [-0.15, -0.1) is 0 Å². The average molecular weight is 480 g/mol. The van der Waals surface area contributed by atoms with Crippen LogP contribution in [0, 0.1) is 0 Å². The van der Waals surface area contributed by atoms with Gasteiger partial charge in [0.15, 0.2) is 0 Å². The number of fused-ring (bicyclic) bond motifs is 2. The molecule has 0 aliphatic carbocycles. The van der Waals surface area contributed by atoms with Gasteiger partial charge in [0.25, 0.3) is 0 Å². The maximum atomic E-state index is 9.09. The van der Waals surface area contributed by atoms with E-state index >= 15 is 0 Å². The lowest BCUT2D eigenvalue weighted by Gasteiger charge is -2.34. The van der Waals surface area contributed by atoms with Crippen molar-refractivity contribution in [1.82, 2.24) is 9.80 Å². The van der Waals surface area contributed by atoms with Crippen LogP contribution in [0.1, 0.15) is 17.5 Å². The van der Waals surface area contributed by atoms with Crippen LogP contribution in [0.2, 0.25) is 5.02 Å². The minimum atomic E-state index is 0.251. The van der Waals surface area contributed by atoms with Crippen LogP contribution in [0.25, 0.3) is 5.57 Å². The Morgan fingerprint density at radius 3 is 2.32 bits per heavy atom. The van der Waals surface area contributed by atoms with Gasteiger partial charge in [0.2, 0.25) is 0 Å². The number of halogens is 2. The van der Waals surface area contributed by atoms with Gasteiger partial charge in [-0.25, -0.2) is 0 Å². The van der Waals surface area contributed by atoms with Crippen LogP contribution in [0.3, 0.4) is 0 Å². The third-order valence-electron chi connectivity index (χ3n) is 5.36. The molecule has 2 aliphatic heterocycles. The molecule has 0 bridgehead atoms. The molecule has 2 heterocycles. The summed E-state index contributed by atoms with van der Waals surface area (Å²) >= 11 is 11.8. The summed E-state index contributed by atoms with van der Waals surface area (Å²) in [6, 6.07) is 12.7. The highest BCUT2D eigenvalue weighted by molar-refractivity contribution is 9.10. The van der Waals surface area contributed by atoms with Gasteiger partial charge in [0.05, 0.1) is 6.61 Å². The second-order valence-corrected chi connectivity index (χ2v) is 9.63. The Morgan fingerprint density at radius 2 is 1.61 bits per heavy atom. The molecule has 0 aromatic heterocycles. The monoisotopic (exact) mass is 478 g/mol. The van der Waals surface area contributed by atoms with Gasteiger partial charge in [-0.1, -0.05) is 45.4 Å². The minimum absolute atomic E-state index is 0.251. The summed E-state index contributed by atoms with van der Waals surface area (Å²) in [7, 11) is 0. The number of β-amino-alcohol motifs (C(OH)–C–C–N with tert-alkyl or cyclic N) is 1. The fraction of sp³-hybridized carbons (Fsp3) is 0.364. The van der Waals surface area contributed by atoms with Crippen molar-refractivity contribution in [2.75, 3.05) is 45.9 Å². The molecule has 4 rings (SSSR count). The first-order valence-corrected chi connectivity index (χ1v) is 11.7. The predicted molar refractivity (Wildman–Crippen MR) is 121 cm³/mol. The second kappa shape index (κ2) is 9.33. The highest BCUT2D eigenvalue weighted by Crippen LogP contribution is 2.46. The van der Waals surface area contributed by atoms with Crippen LogP contribution in [-0.4, -0.2) is 60.8 Å². The van der Waals surface area contributed by atoms with E-state index in [-0.39, 0.29) is 6.61 Å². The number of hydrogen-bond acceptors (Lipinski definition) is 4. The second-order valence-electron chi connectivity index (χ2n) is 7.20. The molecule has 2 aromatic carbocycles. The molecule has 28 heavy (non-hydrogen) atoms. The van der Waals surface area contributed by atoms with Crippen LogP contribution < -0.4 is 0 Å². The van der Waals surface area contributed by atoms with E-state index in [2.05, 4.69) is 62.1 Å². The lowest BCUT2D eigenvalue weighted by molar-refractivity contribution is 0.114. The van der Waals surface area contributed by atoms with E-state index in [9.17, 15) is 0 Å². The van der Waals surface area contributed by atoms with E-state index in [0.29, 0.717) is 0 Å². The van der Waals surface area contributed by atoms with Gasteiger partial charge in [-0.05, 0) is 59.5 Å². The number of rotatable bonds is 5. The number of nitrogens with zero attached hydrogens (tertiary/aromatic N) is 2. The molecule has 1 saturated heterocycles. The largest absolute Gasteiger partial charge is 0.395 e. The van der Waals surface area contributed by atoms with E-state index in [0.717, 1.165) is 55.2 Å². The van der Waals surface area contributed by atoms with E-state index in [1.807, 2.05) is 17.8 Å². The predicted octanol–water partition coefficient (Wildman–Crippen LogP) is 5.00. The Bertz CT molecular complexity index is 827. The number of hydrogen-bond donors (Lipinski definition) is 1. The molecular formula is C22H24BrClN2OS. The molecule has 0 saturated carbocycles. The van der Waals surface area contributed by atoms with Gasteiger partial charge < -0.3 is 10.0 Å². The van der Waals surface area contributed by atoms with Crippen molar-refractivity contribution >= 4 is 44.9 Å². The third kappa shape index (κ3) is 4.66. The van der Waals surface area contributed by atoms with Crippen molar-refractivity contribution in [3.05, 3.63) is 63.1 Å². The summed E-state index contributed by atoms with van der Waals surface area (Å²) in [5.41, 5.74) is 3.80. The minimum Gasteiger partial charge on any atom is -0.395 e. The zero-order valence-corrected chi connectivity index (χ0v) is 18.9. The molecule has 148 valence electrons. The van der Waals surface area contributed by atoms with Crippen molar-refractivity contribution in [2.45, 2.75) is 16.2 Å². The molecule has 1 fully saturated rings. The Morgan fingerprint density at radius 1 is 0.964 bits per heavy atom. The molecule has 2 aliphatic rings. The molecule has 6 heteroatoms. The Hall–Kier alpha value is -0.820. The summed E-state index contributed by atoms with van der Waals surface area (Å²) in [4.78, 5) is 7.41. The van der Waals surface area contributed by atoms with Crippen molar-refractivity contribution < 1.29 is 5.11 Å². The number of piperazine rings is 1. The van der Waals surface area contributed by atoms with E-state index in [4.69, 9.17) is 16.7 Å². The van der Waals surface area contributed by atoms with Crippen molar-refractivity contribution in [2.24, 2.45) is 0 Å². The van der Waals surface area contributed by atoms with Crippen molar-refractivity contribution in [1.29, 1.82) is 0 Å². The first-order valence-electron chi connectivity index (χ1n) is 9.67. The topological polar surface area (TPSA) is 26.7 Å². The molecule has 2 aromatic rings. The van der Waals surface area contributed by atoms with Gasteiger partial charge in [0, 0.05) is 58.6 Å². The summed E-state index contributed by atoms with van der Waals surface area (Å²) in [6.07, 6.45) is 3.39. The molecular weight excluding hydrogens is 456 g/mol. The highest BCUT2D eigenvalue weighted by atomic mass is 79.9. The molecule has 3 nitrogen and oxygen atoms in total. The standard InChI is InChI=1S/C22H24BrClN2OS/c23-16-3-5-21-19(14-16)18(20-15-17(24)4-6-22(20)28-21)2-1-7-25-8-10-26(11-9-25)12-13-27/h2-6,14-15,27H,1,7-13H2/b18-2+. The molecule has 0 amide bonds. The number of benzene rings is 2. The quantitative estimate of drug-likeness (QED) is 0.557. The highest BCUT2D eigenvalue weighted by Gasteiger charge is 2.22. The van der Waals surface area contributed by atoms with E-state index < -0.39 is 0 Å². The van der Waals surface area contributed by atoms with Crippen molar-refractivity contribution in [3.8, 4) is 0 Å². The molecule has 0 atom stereocenters. The average Bonchev–Trinajstić information content (AvgIpc) is 2.69. The normalized spacial score (nSPS) is 18.9. The van der Waals surface area contributed by atoms with Crippen LogP contribution in [0.5, 0.6) is 0 Å². The van der Waals surface area contributed by atoms with Gasteiger partial charge >= 0.3 is 0 Å². The van der Waals surface area contributed by atoms with Gasteiger partial charge in [-0.3, -0.25) is 4.90 Å². The molecule has 0 radical (unpaired) electrons. The smallest absolute Gasteiger partial charge is 0.0558 e. The fourth-order valence-corrected chi connectivity index (χ4v) is 5.46. The Balaban J connectivity index is 1.52. The number of aliphatic hydroxyl groups is 1. The van der Waals surface area contributed by atoms with Crippen LogP contribution >= 0.6 is 39.3 Å². The van der Waals surface area contributed by atoms with E-state index in [1.165, 1.54) is 26.5 Å². The first kappa shape index (κ1) is 20.5. The fourth-order valence-electron chi connectivity index (χ4n) is 3.86. The zero-order valence-electron chi connectivity index (χ0n) is 15.7. The lowest BCUT2D eigenvalue weighted by Crippen LogP contribution is -2.47. The summed E-state index contributed by atoms with van der Waals surface area (Å²) in [6.45, 7) is 6.33. The third-order valence-corrected chi connectivity index (χ3v) is 7.24. The number of aliphatic hydroxyl groups excluding tert-OH is 1. The maximum Gasteiger partial charge on any atom is 0.0558 e. The summed E-state index contributed by atoms with van der Waals surface area (Å²) in [5.74, 6) is 0. The summed E-state index contributed by atoms with van der Waals surface area (Å²) in [5, 5.41) is 9.87. The molecule has 1 N–H and O–H groups in total. The van der Waals surface area contributed by atoms with Crippen LogP contribution in [-0.2, 0) is 0 Å². The summed E-state index contributed by atoms with van der Waals surface area (Å²) < 4.78 is 1.10. The maximum absolute atomic E-state index is 9.09. The zero-order chi connectivity index (χ0) is 19.5. The Labute approximate surface area is 184 Å². The van der Waals surface area contributed by atoms with Crippen molar-refractivity contribution in [3.63, 3.8) is 0 Å². The Kier molecular flexibility index (Phi) is 6.81. The van der Waals surface area contributed by atoms with E-state index in [1.54, 1.807) is 0 Å². The van der Waals surface area contributed by atoms with Crippen LogP contribution in [0.4, 0.5) is 0 Å². The lowest BCUT2D eigenvalue weighted by atomic mass is 9.96.